The van der Waals surface area contributed by atoms with Gasteiger partial charge in [-0.25, -0.2) is 0 Å². The van der Waals surface area contributed by atoms with Gasteiger partial charge in [-0.3, -0.25) is 4.79 Å². The second kappa shape index (κ2) is 6.35. The molecule has 25 heavy (non-hydrogen) atoms. The number of carbonyl (C=O) groups excluding carboxylic acids is 1. The van der Waals surface area contributed by atoms with Crippen LogP contribution in [0, 0.1) is 0 Å². The number of nitrogens with one attached hydrogen (secondary N) is 1. The van der Waals surface area contributed by atoms with Gasteiger partial charge in [-0.15, -0.1) is 10.2 Å². The van der Waals surface area contributed by atoms with Crippen LogP contribution in [0.3, 0.4) is 0 Å². The Morgan fingerprint density at radius 3 is 2.72 bits per heavy atom. The number of carbonyl (C=O) groups is 1. The smallest absolute Gasteiger partial charge is 0.256 e. The number of fused-ring (bicyclic) bond motifs is 1. The Morgan fingerprint density at radius 2 is 2.00 bits per heavy atom. The summed E-state index contributed by atoms with van der Waals surface area (Å²) in [6.45, 7) is 5.50. The molecule has 1 fully saturated rings. The van der Waals surface area contributed by atoms with Crippen molar-refractivity contribution in [1.82, 2.24) is 20.1 Å². The van der Waals surface area contributed by atoms with E-state index in [-0.39, 0.29) is 17.7 Å². The molecule has 1 amide bonds. The highest BCUT2D eigenvalue weighted by Crippen LogP contribution is 2.29. The Hall–Kier alpha value is -2.63. The monoisotopic (exact) mass is 338 g/mol. The summed E-state index contributed by atoms with van der Waals surface area (Å²) in [4.78, 5) is 18.0. The molecule has 3 heterocycles. The molecule has 0 atom stereocenters. The summed E-state index contributed by atoms with van der Waals surface area (Å²) in [5, 5.41) is 9.29. The number of amides is 1. The topological polar surface area (TPSA) is 75.0 Å². The van der Waals surface area contributed by atoms with E-state index < -0.39 is 0 Å². The van der Waals surface area contributed by atoms with Crippen molar-refractivity contribution in [3.8, 4) is 0 Å². The Morgan fingerprint density at radius 1 is 1.24 bits per heavy atom. The number of para-hydroxylation sites is 1. The van der Waals surface area contributed by atoms with Crippen molar-refractivity contribution >= 4 is 16.8 Å². The molecule has 1 saturated heterocycles. The van der Waals surface area contributed by atoms with E-state index in [2.05, 4.69) is 15.2 Å². The van der Waals surface area contributed by atoms with Crippen LogP contribution >= 0.6 is 0 Å². The highest BCUT2D eigenvalue weighted by atomic mass is 16.4. The second-order valence-electron chi connectivity index (χ2n) is 6.95. The van der Waals surface area contributed by atoms with Crippen LogP contribution in [0.5, 0.6) is 0 Å². The molecule has 6 nitrogen and oxygen atoms in total. The number of H-pyrrole nitrogens is 1. The van der Waals surface area contributed by atoms with Crippen LogP contribution in [0.1, 0.15) is 60.7 Å². The number of benzene rings is 1. The minimum Gasteiger partial charge on any atom is -0.425 e. The Balaban J connectivity index is 1.45. The van der Waals surface area contributed by atoms with E-state index in [1.54, 1.807) is 0 Å². The average Bonchev–Trinajstić information content (AvgIpc) is 3.29. The van der Waals surface area contributed by atoms with Crippen molar-refractivity contribution in [2.75, 3.05) is 13.1 Å². The molecule has 4 rings (SSSR count). The molecule has 1 aromatic carbocycles. The fourth-order valence-corrected chi connectivity index (χ4v) is 3.39. The van der Waals surface area contributed by atoms with Gasteiger partial charge in [0.05, 0.1) is 5.56 Å². The Kier molecular flexibility index (Phi) is 4.03. The quantitative estimate of drug-likeness (QED) is 0.790. The van der Waals surface area contributed by atoms with E-state index in [1.807, 2.05) is 49.2 Å². The summed E-state index contributed by atoms with van der Waals surface area (Å²) in [6, 6.07) is 7.90. The maximum absolute atomic E-state index is 12.9. The summed E-state index contributed by atoms with van der Waals surface area (Å²) in [6.07, 6.45) is 3.52. The summed E-state index contributed by atoms with van der Waals surface area (Å²) in [5.41, 5.74) is 1.74. The fraction of sp³-hybridized carbons (Fsp3) is 0.421. The van der Waals surface area contributed by atoms with Crippen LogP contribution in [0.2, 0.25) is 0 Å². The normalized spacial score (nSPS) is 16.0. The van der Waals surface area contributed by atoms with Gasteiger partial charge in [0.15, 0.2) is 0 Å². The van der Waals surface area contributed by atoms with Gasteiger partial charge in [-0.1, -0.05) is 32.0 Å². The molecule has 1 N–H and O–H groups in total. The lowest BCUT2D eigenvalue weighted by Crippen LogP contribution is -2.37. The first-order chi connectivity index (χ1) is 12.1. The van der Waals surface area contributed by atoms with Gasteiger partial charge in [-0.05, 0) is 18.9 Å². The molecule has 2 aromatic heterocycles. The molecule has 0 spiro atoms. The van der Waals surface area contributed by atoms with Gasteiger partial charge in [0.25, 0.3) is 5.91 Å². The molecule has 0 aliphatic carbocycles. The first kappa shape index (κ1) is 15.9. The zero-order valence-corrected chi connectivity index (χ0v) is 14.5. The first-order valence-corrected chi connectivity index (χ1v) is 8.82. The predicted octanol–water partition coefficient (Wildman–Crippen LogP) is 3.69. The molecule has 1 aliphatic heterocycles. The Labute approximate surface area is 146 Å². The minimum absolute atomic E-state index is 0.0873. The van der Waals surface area contributed by atoms with Gasteiger partial charge in [0, 0.05) is 42.0 Å². The number of aromatic nitrogens is 3. The number of hydrogen-bond acceptors (Lipinski definition) is 4. The third-order valence-corrected chi connectivity index (χ3v) is 4.90. The molecule has 0 bridgehead atoms. The second-order valence-corrected chi connectivity index (χ2v) is 6.95. The lowest BCUT2D eigenvalue weighted by Gasteiger charge is -2.30. The Bertz CT molecular complexity index is 888. The van der Waals surface area contributed by atoms with Crippen molar-refractivity contribution in [3.63, 3.8) is 0 Å². The number of rotatable bonds is 3. The lowest BCUT2D eigenvalue weighted by atomic mass is 9.96. The third kappa shape index (κ3) is 2.92. The van der Waals surface area contributed by atoms with E-state index in [1.165, 1.54) is 0 Å². The number of hydrogen-bond donors (Lipinski definition) is 1. The third-order valence-electron chi connectivity index (χ3n) is 4.90. The van der Waals surface area contributed by atoms with Crippen molar-refractivity contribution in [2.45, 2.75) is 38.5 Å². The summed E-state index contributed by atoms with van der Waals surface area (Å²) < 4.78 is 5.78. The molecule has 130 valence electrons. The van der Waals surface area contributed by atoms with Gasteiger partial charge in [0.1, 0.15) is 0 Å². The van der Waals surface area contributed by atoms with Crippen molar-refractivity contribution in [1.29, 1.82) is 0 Å². The molecule has 1 aliphatic rings. The average molecular weight is 338 g/mol. The molecular weight excluding hydrogens is 316 g/mol. The molecule has 0 unspecified atom stereocenters. The fourth-order valence-electron chi connectivity index (χ4n) is 3.39. The zero-order chi connectivity index (χ0) is 17.4. The van der Waals surface area contributed by atoms with Crippen LogP contribution in [-0.4, -0.2) is 39.1 Å². The van der Waals surface area contributed by atoms with Crippen molar-refractivity contribution in [3.05, 3.63) is 47.8 Å². The van der Waals surface area contributed by atoms with Crippen LogP contribution in [0.4, 0.5) is 0 Å². The van der Waals surface area contributed by atoms with Crippen molar-refractivity contribution in [2.24, 2.45) is 0 Å². The van der Waals surface area contributed by atoms with E-state index in [9.17, 15) is 4.79 Å². The van der Waals surface area contributed by atoms with Gasteiger partial charge < -0.3 is 14.3 Å². The van der Waals surface area contributed by atoms with E-state index in [0.717, 1.165) is 29.3 Å². The zero-order valence-electron chi connectivity index (χ0n) is 14.5. The summed E-state index contributed by atoms with van der Waals surface area (Å²) in [7, 11) is 0. The molecule has 0 saturated carbocycles. The maximum Gasteiger partial charge on any atom is 0.256 e. The van der Waals surface area contributed by atoms with Gasteiger partial charge >= 0.3 is 0 Å². The highest BCUT2D eigenvalue weighted by Gasteiger charge is 2.29. The van der Waals surface area contributed by atoms with Crippen LogP contribution in [-0.2, 0) is 0 Å². The van der Waals surface area contributed by atoms with E-state index in [4.69, 9.17) is 4.42 Å². The van der Waals surface area contributed by atoms with Crippen LogP contribution in [0.25, 0.3) is 10.9 Å². The largest absolute Gasteiger partial charge is 0.425 e. The van der Waals surface area contributed by atoms with Crippen molar-refractivity contribution < 1.29 is 9.21 Å². The van der Waals surface area contributed by atoms with Crippen LogP contribution in [0.15, 0.2) is 34.9 Å². The number of aromatic amines is 1. The van der Waals surface area contributed by atoms with E-state index in [0.29, 0.717) is 24.9 Å². The number of nitrogens with zero attached hydrogens (tertiary/aromatic N) is 3. The van der Waals surface area contributed by atoms with Gasteiger partial charge in [0.2, 0.25) is 11.8 Å². The van der Waals surface area contributed by atoms with Gasteiger partial charge in [-0.2, -0.15) is 0 Å². The van der Waals surface area contributed by atoms with E-state index >= 15 is 0 Å². The van der Waals surface area contributed by atoms with Crippen LogP contribution < -0.4 is 0 Å². The standard InChI is InChI=1S/C19H22N4O2/c1-12(2)17-21-22-18(25-17)13-7-9-23(10-8-13)19(24)15-11-20-16-6-4-3-5-14(15)16/h3-6,11-13,20H,7-10H2,1-2H3. The minimum atomic E-state index is 0.0873. The summed E-state index contributed by atoms with van der Waals surface area (Å²) >= 11 is 0. The maximum atomic E-state index is 12.9. The molecule has 6 heteroatoms. The highest BCUT2D eigenvalue weighted by molar-refractivity contribution is 6.06. The summed E-state index contributed by atoms with van der Waals surface area (Å²) in [5.74, 6) is 1.97. The number of piperidine rings is 1. The number of likely N-dealkylation sites (tertiary alicyclic amines) is 1. The lowest BCUT2D eigenvalue weighted by molar-refractivity contribution is 0.0708. The first-order valence-electron chi connectivity index (χ1n) is 8.82. The predicted molar refractivity (Wildman–Crippen MR) is 94.6 cm³/mol. The molecular formula is C19H22N4O2. The molecule has 0 radical (unpaired) electrons. The SMILES string of the molecule is CC(C)c1nnc(C2CCN(C(=O)c3c[nH]c4ccccc34)CC2)o1. The molecule has 3 aromatic rings.